The molecule has 0 aromatic heterocycles. The summed E-state index contributed by atoms with van der Waals surface area (Å²) in [6.07, 6.45) is 0. The molecule has 0 saturated carbocycles. The van der Waals surface area contributed by atoms with E-state index in [1.807, 2.05) is 0 Å². The third-order valence-electron chi connectivity index (χ3n) is 2.35. The lowest BCUT2D eigenvalue weighted by Gasteiger charge is -2.18. The summed E-state index contributed by atoms with van der Waals surface area (Å²) in [7, 11) is 1.51. The molecule has 20 heavy (non-hydrogen) atoms. The molecule has 0 bridgehead atoms. The Morgan fingerprint density at radius 1 is 1.35 bits per heavy atom. The molecule has 0 aliphatic heterocycles. The van der Waals surface area contributed by atoms with Crippen molar-refractivity contribution in [2.75, 3.05) is 18.9 Å². The first-order valence-electron chi connectivity index (χ1n) is 5.56. The van der Waals surface area contributed by atoms with Gasteiger partial charge in [0.15, 0.2) is 0 Å². The van der Waals surface area contributed by atoms with Gasteiger partial charge < -0.3 is 16.0 Å². The lowest BCUT2D eigenvalue weighted by Crippen LogP contribution is -2.43. The van der Waals surface area contributed by atoms with Crippen LogP contribution in [-0.2, 0) is 9.59 Å². The number of benzene rings is 1. The first-order chi connectivity index (χ1) is 8.81. The van der Waals surface area contributed by atoms with Crippen LogP contribution in [0.25, 0.3) is 0 Å². The maximum Gasteiger partial charge on any atom is 0.243 e. The number of carbonyl (C=O) groups is 2. The normalized spacial score (nSPS) is 11.2. The SMILES string of the molecule is CC(N)C(=O)N(C)CC(=O)Nc1ccc(Cl)c(Cl)c1.Cl. The number of halogens is 3. The van der Waals surface area contributed by atoms with Gasteiger partial charge in [-0.3, -0.25) is 9.59 Å². The highest BCUT2D eigenvalue weighted by atomic mass is 35.5. The number of rotatable bonds is 4. The first kappa shape index (κ1) is 19.0. The van der Waals surface area contributed by atoms with Gasteiger partial charge in [0.1, 0.15) is 0 Å². The molecule has 1 aromatic rings. The molecule has 8 heteroatoms. The molecule has 112 valence electrons. The van der Waals surface area contributed by atoms with E-state index in [1.54, 1.807) is 19.1 Å². The summed E-state index contributed by atoms with van der Waals surface area (Å²) in [5.74, 6) is -0.640. The highest BCUT2D eigenvalue weighted by Gasteiger charge is 2.16. The van der Waals surface area contributed by atoms with Gasteiger partial charge in [-0.05, 0) is 25.1 Å². The predicted octanol–water partition coefficient (Wildman–Crippen LogP) is 2.16. The van der Waals surface area contributed by atoms with Gasteiger partial charge >= 0.3 is 0 Å². The van der Waals surface area contributed by atoms with Crippen LogP contribution < -0.4 is 11.1 Å². The molecule has 0 aliphatic rings. The molecule has 0 fully saturated rings. The number of likely N-dealkylation sites (N-methyl/N-ethyl adjacent to an activating group) is 1. The molecule has 1 unspecified atom stereocenters. The van der Waals surface area contributed by atoms with Crippen molar-refractivity contribution in [3.63, 3.8) is 0 Å². The van der Waals surface area contributed by atoms with E-state index in [4.69, 9.17) is 28.9 Å². The maximum absolute atomic E-state index is 11.7. The monoisotopic (exact) mass is 339 g/mol. The number of nitrogens with one attached hydrogen (secondary N) is 1. The van der Waals surface area contributed by atoms with Gasteiger partial charge in [-0.25, -0.2) is 0 Å². The zero-order valence-corrected chi connectivity index (χ0v) is 13.4. The Balaban J connectivity index is 0.00000361. The second-order valence-corrected chi connectivity index (χ2v) is 4.97. The zero-order chi connectivity index (χ0) is 14.6. The first-order valence-corrected chi connectivity index (χ1v) is 6.32. The quantitative estimate of drug-likeness (QED) is 0.882. The van der Waals surface area contributed by atoms with E-state index in [9.17, 15) is 9.59 Å². The molecule has 2 amide bonds. The van der Waals surface area contributed by atoms with E-state index in [0.29, 0.717) is 15.7 Å². The van der Waals surface area contributed by atoms with Crippen LogP contribution in [0.4, 0.5) is 5.69 Å². The highest BCUT2D eigenvalue weighted by Crippen LogP contribution is 2.24. The molecule has 0 radical (unpaired) electrons. The Labute approximate surface area is 133 Å². The average Bonchev–Trinajstić information content (AvgIpc) is 2.32. The van der Waals surface area contributed by atoms with Gasteiger partial charge in [0.25, 0.3) is 0 Å². The third kappa shape index (κ3) is 5.54. The summed E-state index contributed by atoms with van der Waals surface area (Å²) in [5, 5.41) is 3.37. The fourth-order valence-corrected chi connectivity index (χ4v) is 1.71. The van der Waals surface area contributed by atoms with E-state index in [-0.39, 0.29) is 30.8 Å². The van der Waals surface area contributed by atoms with Gasteiger partial charge in [-0.2, -0.15) is 0 Å². The van der Waals surface area contributed by atoms with Crippen LogP contribution in [0.2, 0.25) is 10.0 Å². The van der Waals surface area contributed by atoms with Crippen molar-refractivity contribution in [1.82, 2.24) is 4.90 Å². The Kier molecular flexibility index (Phi) is 7.90. The lowest BCUT2D eigenvalue weighted by molar-refractivity contribution is -0.134. The Morgan fingerprint density at radius 3 is 2.45 bits per heavy atom. The number of amides is 2. The molecule has 3 N–H and O–H groups in total. The van der Waals surface area contributed by atoms with Gasteiger partial charge in [0.2, 0.25) is 11.8 Å². The molecule has 0 spiro atoms. The second kappa shape index (κ2) is 8.32. The minimum absolute atomic E-state index is 0. The van der Waals surface area contributed by atoms with Crippen LogP contribution in [0.3, 0.4) is 0 Å². The van der Waals surface area contributed by atoms with Crippen molar-refractivity contribution in [2.24, 2.45) is 5.73 Å². The van der Waals surface area contributed by atoms with Crippen LogP contribution in [-0.4, -0.2) is 36.3 Å². The molecule has 1 aromatic carbocycles. The number of anilines is 1. The van der Waals surface area contributed by atoms with Gasteiger partial charge in [-0.15, -0.1) is 12.4 Å². The summed E-state index contributed by atoms with van der Waals surface area (Å²) in [6.45, 7) is 1.48. The van der Waals surface area contributed by atoms with Crippen LogP contribution in [0.1, 0.15) is 6.92 Å². The summed E-state index contributed by atoms with van der Waals surface area (Å²) in [4.78, 5) is 24.5. The largest absolute Gasteiger partial charge is 0.335 e. The average molecular weight is 341 g/mol. The lowest BCUT2D eigenvalue weighted by atomic mass is 10.3. The number of carbonyl (C=O) groups excluding carboxylic acids is 2. The maximum atomic E-state index is 11.7. The molecule has 0 heterocycles. The molecule has 0 aliphatic carbocycles. The topological polar surface area (TPSA) is 75.4 Å². The minimum atomic E-state index is -0.636. The molecule has 0 saturated heterocycles. The fourth-order valence-electron chi connectivity index (χ4n) is 1.42. The summed E-state index contributed by atoms with van der Waals surface area (Å²) in [5.41, 5.74) is 5.96. The molecule has 1 atom stereocenters. The van der Waals surface area contributed by atoms with E-state index in [1.165, 1.54) is 18.0 Å². The Hall–Kier alpha value is -1.01. The predicted molar refractivity (Wildman–Crippen MR) is 83.6 cm³/mol. The van der Waals surface area contributed by atoms with Crippen molar-refractivity contribution in [3.05, 3.63) is 28.2 Å². The Morgan fingerprint density at radius 2 is 1.95 bits per heavy atom. The number of nitrogens with zero attached hydrogens (tertiary/aromatic N) is 1. The summed E-state index contributed by atoms with van der Waals surface area (Å²) in [6, 6.07) is 4.10. The van der Waals surface area contributed by atoms with E-state index in [2.05, 4.69) is 5.32 Å². The summed E-state index contributed by atoms with van der Waals surface area (Å²) >= 11 is 11.6. The van der Waals surface area contributed by atoms with Crippen molar-refractivity contribution in [1.29, 1.82) is 0 Å². The van der Waals surface area contributed by atoms with Crippen molar-refractivity contribution < 1.29 is 9.59 Å². The van der Waals surface area contributed by atoms with E-state index >= 15 is 0 Å². The van der Waals surface area contributed by atoms with Gasteiger partial charge in [0, 0.05) is 12.7 Å². The molecular weight excluding hydrogens is 325 g/mol. The second-order valence-electron chi connectivity index (χ2n) is 4.16. The molecule has 1 rings (SSSR count). The van der Waals surface area contributed by atoms with Crippen molar-refractivity contribution in [2.45, 2.75) is 13.0 Å². The van der Waals surface area contributed by atoms with Crippen LogP contribution in [0, 0.1) is 0 Å². The number of hydrogen-bond donors (Lipinski definition) is 2. The summed E-state index contributed by atoms with van der Waals surface area (Å²) < 4.78 is 0. The Bertz CT molecular complexity index is 495. The smallest absolute Gasteiger partial charge is 0.243 e. The highest BCUT2D eigenvalue weighted by molar-refractivity contribution is 6.42. The standard InChI is InChI=1S/C12H15Cl2N3O2.ClH/c1-7(15)12(19)17(2)6-11(18)16-8-3-4-9(13)10(14)5-8;/h3-5,7H,6,15H2,1-2H3,(H,16,18);1H. The van der Waals surface area contributed by atoms with Crippen molar-refractivity contribution in [3.8, 4) is 0 Å². The van der Waals surface area contributed by atoms with Gasteiger partial charge in [-0.1, -0.05) is 23.2 Å². The zero-order valence-electron chi connectivity index (χ0n) is 11.0. The van der Waals surface area contributed by atoms with Crippen molar-refractivity contribution >= 4 is 53.1 Å². The van der Waals surface area contributed by atoms with E-state index in [0.717, 1.165) is 0 Å². The minimum Gasteiger partial charge on any atom is -0.335 e. The van der Waals surface area contributed by atoms with Crippen LogP contribution >= 0.6 is 35.6 Å². The number of hydrogen-bond acceptors (Lipinski definition) is 3. The number of nitrogens with two attached hydrogens (primary N) is 1. The van der Waals surface area contributed by atoms with Crippen LogP contribution in [0.5, 0.6) is 0 Å². The van der Waals surface area contributed by atoms with Gasteiger partial charge in [0.05, 0.1) is 22.6 Å². The molecule has 5 nitrogen and oxygen atoms in total. The third-order valence-corrected chi connectivity index (χ3v) is 3.09. The molecular formula is C12H16Cl3N3O2. The fraction of sp³-hybridized carbons (Fsp3) is 0.333. The van der Waals surface area contributed by atoms with Crippen LogP contribution in [0.15, 0.2) is 18.2 Å². The van der Waals surface area contributed by atoms with E-state index < -0.39 is 6.04 Å².